The maximum Gasteiger partial charge on any atom is 0.253 e. The van der Waals surface area contributed by atoms with Crippen molar-refractivity contribution in [1.82, 2.24) is 24.4 Å². The number of carbonyl (C=O) groups excluding carboxylic acids is 1. The highest BCUT2D eigenvalue weighted by atomic mass is 16.2. The van der Waals surface area contributed by atoms with Crippen molar-refractivity contribution in [1.29, 1.82) is 0 Å². The molecule has 27 heavy (non-hydrogen) atoms. The van der Waals surface area contributed by atoms with Crippen LogP contribution in [0, 0.1) is 0 Å². The Hall–Kier alpha value is -3.02. The number of aromatic nitrogens is 4. The Bertz CT molecular complexity index is 943. The molecule has 1 aliphatic rings. The summed E-state index contributed by atoms with van der Waals surface area (Å²) < 4.78 is 1.97. The fourth-order valence-electron chi connectivity index (χ4n) is 3.46. The van der Waals surface area contributed by atoms with Crippen LogP contribution in [0.3, 0.4) is 0 Å². The first kappa shape index (κ1) is 17.4. The summed E-state index contributed by atoms with van der Waals surface area (Å²) >= 11 is 0. The first-order valence-corrected chi connectivity index (χ1v) is 9.51. The van der Waals surface area contributed by atoms with Crippen LogP contribution in [0.1, 0.15) is 42.4 Å². The Morgan fingerprint density at radius 3 is 2.74 bits per heavy atom. The summed E-state index contributed by atoms with van der Waals surface area (Å²) in [7, 11) is 0. The number of carbonyl (C=O) groups is 1. The van der Waals surface area contributed by atoms with Crippen LogP contribution in [0.25, 0.3) is 17.2 Å². The highest BCUT2D eigenvalue weighted by Gasteiger charge is 2.19. The van der Waals surface area contributed by atoms with E-state index < -0.39 is 0 Å². The summed E-state index contributed by atoms with van der Waals surface area (Å²) in [5.74, 6) is 1.64. The molecular weight excluding hydrogens is 338 g/mol. The lowest BCUT2D eigenvalue weighted by Crippen LogP contribution is -2.35. The van der Waals surface area contributed by atoms with Gasteiger partial charge >= 0.3 is 0 Å². The van der Waals surface area contributed by atoms with Gasteiger partial charge in [-0.25, -0.2) is 15.0 Å². The quantitative estimate of drug-likeness (QED) is 0.713. The minimum atomic E-state index is 0.105. The van der Waals surface area contributed by atoms with Crippen LogP contribution in [-0.2, 0) is 6.42 Å². The van der Waals surface area contributed by atoms with E-state index in [9.17, 15) is 4.79 Å². The van der Waals surface area contributed by atoms with Gasteiger partial charge < -0.3 is 4.90 Å². The molecule has 0 spiro atoms. The maximum absolute atomic E-state index is 12.8. The lowest BCUT2D eigenvalue weighted by atomic mass is 10.1. The van der Waals surface area contributed by atoms with Crippen LogP contribution in [0.15, 0.2) is 48.9 Å². The molecule has 0 saturated carbocycles. The number of aryl methyl sites for hydroxylation is 1. The summed E-state index contributed by atoms with van der Waals surface area (Å²) in [6, 6.07) is 9.59. The van der Waals surface area contributed by atoms with Gasteiger partial charge in [-0.15, -0.1) is 0 Å². The molecule has 0 N–H and O–H groups in total. The molecule has 1 aliphatic heterocycles. The zero-order valence-electron chi connectivity index (χ0n) is 15.5. The fourth-order valence-corrected chi connectivity index (χ4v) is 3.46. The maximum atomic E-state index is 12.8. The van der Waals surface area contributed by atoms with Gasteiger partial charge in [0.15, 0.2) is 5.82 Å². The van der Waals surface area contributed by atoms with E-state index >= 15 is 0 Å². The van der Waals surface area contributed by atoms with Gasteiger partial charge in [-0.2, -0.15) is 0 Å². The topological polar surface area (TPSA) is 63.9 Å². The molecule has 4 rings (SSSR count). The van der Waals surface area contributed by atoms with Gasteiger partial charge in [0.25, 0.3) is 5.91 Å². The molecule has 0 radical (unpaired) electrons. The van der Waals surface area contributed by atoms with Gasteiger partial charge in [-0.05, 0) is 43.5 Å². The SMILES string of the molecule is CCc1nccc(-c2nccn2-c2cccc(C(=O)N3CCCCC3)c2)n1. The third-order valence-electron chi connectivity index (χ3n) is 4.91. The molecule has 0 unspecified atom stereocenters. The second kappa shape index (κ2) is 7.70. The molecule has 6 nitrogen and oxygen atoms in total. The van der Waals surface area contributed by atoms with E-state index in [1.54, 1.807) is 12.4 Å². The number of imidazole rings is 1. The molecule has 0 bridgehead atoms. The smallest absolute Gasteiger partial charge is 0.253 e. The highest BCUT2D eigenvalue weighted by Crippen LogP contribution is 2.21. The van der Waals surface area contributed by atoms with Crippen molar-refractivity contribution in [2.75, 3.05) is 13.1 Å². The molecule has 2 aromatic heterocycles. The average Bonchev–Trinajstić information content (AvgIpc) is 3.24. The van der Waals surface area contributed by atoms with Crippen LogP contribution < -0.4 is 0 Å². The van der Waals surface area contributed by atoms with E-state index in [0.29, 0.717) is 5.56 Å². The van der Waals surface area contributed by atoms with Crippen molar-refractivity contribution in [3.63, 3.8) is 0 Å². The Kier molecular flexibility index (Phi) is 4.96. The molecule has 1 aromatic carbocycles. The fraction of sp³-hybridized carbons (Fsp3) is 0.333. The molecular formula is C21H23N5O. The van der Waals surface area contributed by atoms with E-state index in [1.807, 2.05) is 52.9 Å². The van der Waals surface area contributed by atoms with Crippen LogP contribution in [-0.4, -0.2) is 43.4 Å². The standard InChI is InChI=1S/C21H23N5O/c1-2-19-22-10-9-18(24-19)20-23-11-14-26(20)17-8-6-7-16(15-17)21(27)25-12-4-3-5-13-25/h6-11,14-15H,2-5,12-13H2,1H3. The second-order valence-corrected chi connectivity index (χ2v) is 6.74. The van der Waals surface area contributed by atoms with Gasteiger partial charge in [0.1, 0.15) is 11.5 Å². The predicted octanol–water partition coefficient (Wildman–Crippen LogP) is 3.52. The Labute approximate surface area is 158 Å². The number of piperidine rings is 1. The molecule has 1 amide bonds. The molecule has 1 fully saturated rings. The largest absolute Gasteiger partial charge is 0.339 e. The zero-order valence-corrected chi connectivity index (χ0v) is 15.5. The van der Waals surface area contributed by atoms with Crippen molar-refractivity contribution in [3.8, 4) is 17.2 Å². The molecule has 3 aromatic rings. The van der Waals surface area contributed by atoms with Crippen LogP contribution in [0.4, 0.5) is 0 Å². The number of benzene rings is 1. The molecule has 0 aliphatic carbocycles. The third kappa shape index (κ3) is 3.60. The lowest BCUT2D eigenvalue weighted by Gasteiger charge is -2.26. The van der Waals surface area contributed by atoms with Crippen LogP contribution in [0.2, 0.25) is 0 Å². The lowest BCUT2D eigenvalue weighted by molar-refractivity contribution is 0.0724. The zero-order chi connectivity index (χ0) is 18.6. The molecule has 1 saturated heterocycles. The number of hydrogen-bond acceptors (Lipinski definition) is 4. The molecule has 138 valence electrons. The van der Waals surface area contributed by atoms with E-state index in [2.05, 4.69) is 15.0 Å². The van der Waals surface area contributed by atoms with Gasteiger partial charge in [0.05, 0.1) is 0 Å². The van der Waals surface area contributed by atoms with Gasteiger partial charge in [0, 0.05) is 49.4 Å². The number of nitrogens with zero attached hydrogens (tertiary/aromatic N) is 5. The Balaban J connectivity index is 1.67. The molecule has 3 heterocycles. The molecule has 0 atom stereocenters. The number of rotatable bonds is 4. The summed E-state index contributed by atoms with van der Waals surface area (Å²) in [4.78, 5) is 28.1. The Morgan fingerprint density at radius 1 is 1.07 bits per heavy atom. The van der Waals surface area contributed by atoms with Gasteiger partial charge in [-0.1, -0.05) is 13.0 Å². The van der Waals surface area contributed by atoms with E-state index in [1.165, 1.54) is 6.42 Å². The molecule has 6 heteroatoms. The van der Waals surface area contributed by atoms with E-state index in [-0.39, 0.29) is 5.91 Å². The van der Waals surface area contributed by atoms with Gasteiger partial charge in [0.2, 0.25) is 0 Å². The van der Waals surface area contributed by atoms with E-state index in [4.69, 9.17) is 0 Å². The first-order chi connectivity index (χ1) is 13.3. The van der Waals surface area contributed by atoms with Gasteiger partial charge in [-0.3, -0.25) is 9.36 Å². The van der Waals surface area contributed by atoms with Crippen molar-refractivity contribution in [2.24, 2.45) is 0 Å². The number of hydrogen-bond donors (Lipinski definition) is 0. The van der Waals surface area contributed by atoms with Crippen LogP contribution >= 0.6 is 0 Å². The second-order valence-electron chi connectivity index (χ2n) is 6.74. The summed E-state index contributed by atoms with van der Waals surface area (Å²) in [5.41, 5.74) is 2.40. The van der Waals surface area contributed by atoms with Crippen molar-refractivity contribution < 1.29 is 4.79 Å². The van der Waals surface area contributed by atoms with E-state index in [0.717, 1.165) is 55.4 Å². The monoisotopic (exact) mass is 361 g/mol. The summed E-state index contributed by atoms with van der Waals surface area (Å²) in [6.07, 6.45) is 9.57. The minimum absolute atomic E-state index is 0.105. The number of likely N-dealkylation sites (tertiary alicyclic amines) is 1. The first-order valence-electron chi connectivity index (χ1n) is 9.51. The van der Waals surface area contributed by atoms with Crippen molar-refractivity contribution in [2.45, 2.75) is 32.6 Å². The van der Waals surface area contributed by atoms with Crippen LogP contribution in [0.5, 0.6) is 0 Å². The highest BCUT2D eigenvalue weighted by molar-refractivity contribution is 5.94. The third-order valence-corrected chi connectivity index (χ3v) is 4.91. The Morgan fingerprint density at radius 2 is 1.93 bits per heavy atom. The average molecular weight is 361 g/mol. The predicted molar refractivity (Wildman–Crippen MR) is 104 cm³/mol. The minimum Gasteiger partial charge on any atom is -0.339 e. The van der Waals surface area contributed by atoms with Crippen molar-refractivity contribution in [3.05, 3.63) is 60.3 Å². The number of amides is 1. The van der Waals surface area contributed by atoms with Crippen molar-refractivity contribution >= 4 is 5.91 Å². The summed E-state index contributed by atoms with van der Waals surface area (Å²) in [5, 5.41) is 0. The normalized spacial score (nSPS) is 14.3. The summed E-state index contributed by atoms with van der Waals surface area (Å²) in [6.45, 7) is 3.72.